The van der Waals surface area contributed by atoms with E-state index in [1.165, 1.54) is 7.11 Å². The second-order valence-electron chi connectivity index (χ2n) is 7.10. The molecule has 7 nitrogen and oxygen atoms in total. The number of likely N-dealkylation sites (tertiary alicyclic amines) is 1. The molecule has 1 aromatic heterocycles. The summed E-state index contributed by atoms with van der Waals surface area (Å²) in [6.07, 6.45) is 2.96. The summed E-state index contributed by atoms with van der Waals surface area (Å²) in [7, 11) is 1.30. The van der Waals surface area contributed by atoms with Gasteiger partial charge in [-0.3, -0.25) is 4.79 Å². The van der Waals surface area contributed by atoms with Crippen molar-refractivity contribution in [2.45, 2.75) is 38.8 Å². The standard InChI is InChI=1S/C20H26N4O3/c1-13(2)17(23-20(26)27-3)19(25)24-11-7-10-16(24)18-21-12-15(22-18)14-8-5-4-6-9-14/h4-6,8-9,12-13,16-17H,7,10-11H2,1-3H3,(H,21,22)(H,23,26)/t16-,17+/m1/s1. The first-order chi connectivity index (χ1) is 13.0. The van der Waals surface area contributed by atoms with Gasteiger partial charge in [0.15, 0.2) is 0 Å². The van der Waals surface area contributed by atoms with Crippen LogP contribution in [0.4, 0.5) is 4.79 Å². The van der Waals surface area contributed by atoms with Crippen LogP contribution in [0, 0.1) is 5.92 Å². The van der Waals surface area contributed by atoms with Gasteiger partial charge in [0.1, 0.15) is 11.9 Å². The number of imidazole rings is 1. The number of carbonyl (C=O) groups is 2. The minimum absolute atomic E-state index is 0.0469. The third kappa shape index (κ3) is 4.13. The smallest absolute Gasteiger partial charge is 0.407 e. The molecule has 2 heterocycles. The van der Waals surface area contributed by atoms with Crippen LogP contribution in [0.5, 0.6) is 0 Å². The molecule has 1 fully saturated rings. The van der Waals surface area contributed by atoms with Gasteiger partial charge in [-0.25, -0.2) is 9.78 Å². The molecule has 1 saturated heterocycles. The fourth-order valence-electron chi connectivity index (χ4n) is 3.46. The van der Waals surface area contributed by atoms with E-state index in [1.54, 1.807) is 6.20 Å². The molecule has 0 radical (unpaired) electrons. The molecule has 1 aliphatic rings. The van der Waals surface area contributed by atoms with Gasteiger partial charge in [0.2, 0.25) is 5.91 Å². The number of nitrogens with one attached hydrogen (secondary N) is 2. The van der Waals surface area contributed by atoms with Crippen molar-refractivity contribution in [3.63, 3.8) is 0 Å². The molecule has 0 unspecified atom stereocenters. The number of aromatic amines is 1. The molecular formula is C20H26N4O3. The van der Waals surface area contributed by atoms with Gasteiger partial charge in [0.25, 0.3) is 0 Å². The van der Waals surface area contributed by atoms with E-state index in [0.29, 0.717) is 6.54 Å². The Labute approximate surface area is 159 Å². The quantitative estimate of drug-likeness (QED) is 0.846. The van der Waals surface area contributed by atoms with Gasteiger partial charge in [0.05, 0.1) is 25.0 Å². The summed E-state index contributed by atoms with van der Waals surface area (Å²) in [5.41, 5.74) is 1.98. The highest BCUT2D eigenvalue weighted by atomic mass is 16.5. The summed E-state index contributed by atoms with van der Waals surface area (Å²) in [6, 6.07) is 9.23. The Balaban J connectivity index is 1.79. The highest BCUT2D eigenvalue weighted by molar-refractivity contribution is 5.86. The van der Waals surface area contributed by atoms with E-state index in [0.717, 1.165) is 29.9 Å². The fraction of sp³-hybridized carbons (Fsp3) is 0.450. The molecule has 2 atom stereocenters. The van der Waals surface area contributed by atoms with E-state index < -0.39 is 12.1 Å². The average molecular weight is 370 g/mol. The summed E-state index contributed by atoms with van der Waals surface area (Å²) in [5, 5.41) is 2.66. The Hall–Kier alpha value is -2.83. The first-order valence-corrected chi connectivity index (χ1v) is 9.26. The van der Waals surface area contributed by atoms with Crippen LogP contribution in [0.2, 0.25) is 0 Å². The monoisotopic (exact) mass is 370 g/mol. The summed E-state index contributed by atoms with van der Waals surface area (Å²) in [4.78, 5) is 34.4. The van der Waals surface area contributed by atoms with E-state index in [2.05, 4.69) is 20.0 Å². The Morgan fingerprint density at radius 2 is 2.04 bits per heavy atom. The number of rotatable bonds is 5. The Bertz CT molecular complexity index is 788. The molecule has 0 saturated carbocycles. The Kier molecular flexibility index (Phi) is 5.78. The zero-order valence-corrected chi connectivity index (χ0v) is 15.9. The van der Waals surface area contributed by atoms with Gasteiger partial charge >= 0.3 is 6.09 Å². The molecule has 2 aromatic rings. The SMILES string of the molecule is COC(=O)N[C@H](C(=O)N1CCC[C@@H]1c1ncc(-c2ccccc2)[nH]1)C(C)C. The van der Waals surface area contributed by atoms with Crippen LogP contribution in [0.3, 0.4) is 0 Å². The summed E-state index contributed by atoms with van der Waals surface area (Å²) in [6.45, 7) is 4.46. The molecule has 3 rings (SSSR count). The normalized spacial score (nSPS) is 17.8. The van der Waals surface area contributed by atoms with E-state index in [9.17, 15) is 9.59 Å². The van der Waals surface area contributed by atoms with Gasteiger partial charge in [0, 0.05) is 6.54 Å². The first-order valence-electron chi connectivity index (χ1n) is 9.26. The van der Waals surface area contributed by atoms with E-state index >= 15 is 0 Å². The average Bonchev–Trinajstić information content (AvgIpc) is 3.34. The molecular weight excluding hydrogens is 344 g/mol. The minimum Gasteiger partial charge on any atom is -0.453 e. The third-order valence-electron chi connectivity index (χ3n) is 4.92. The van der Waals surface area contributed by atoms with Crippen LogP contribution < -0.4 is 5.32 Å². The van der Waals surface area contributed by atoms with Crippen LogP contribution in [-0.4, -0.2) is 46.6 Å². The van der Waals surface area contributed by atoms with Crippen molar-refractivity contribution in [2.24, 2.45) is 5.92 Å². The number of alkyl carbamates (subject to hydrolysis) is 1. The number of carbonyl (C=O) groups excluding carboxylic acids is 2. The van der Waals surface area contributed by atoms with Gasteiger partial charge in [-0.2, -0.15) is 0 Å². The van der Waals surface area contributed by atoms with Crippen LogP contribution in [0.1, 0.15) is 38.6 Å². The highest BCUT2D eigenvalue weighted by Crippen LogP contribution is 2.32. The molecule has 0 aliphatic carbocycles. The second kappa shape index (κ2) is 8.24. The Morgan fingerprint density at radius 3 is 2.70 bits per heavy atom. The lowest BCUT2D eigenvalue weighted by Crippen LogP contribution is -2.51. The molecule has 1 aromatic carbocycles. The molecule has 0 spiro atoms. The lowest BCUT2D eigenvalue weighted by Gasteiger charge is -2.30. The van der Waals surface area contributed by atoms with Gasteiger partial charge in [-0.1, -0.05) is 44.2 Å². The van der Waals surface area contributed by atoms with Crippen LogP contribution >= 0.6 is 0 Å². The topological polar surface area (TPSA) is 87.3 Å². The van der Waals surface area contributed by atoms with Crippen LogP contribution in [0.25, 0.3) is 11.3 Å². The minimum atomic E-state index is -0.624. The van der Waals surface area contributed by atoms with Gasteiger partial charge in [-0.15, -0.1) is 0 Å². The number of aromatic nitrogens is 2. The summed E-state index contributed by atoms with van der Waals surface area (Å²) >= 11 is 0. The number of methoxy groups -OCH3 is 1. The first kappa shape index (κ1) is 18.9. The molecule has 2 N–H and O–H groups in total. The number of nitrogens with zero attached hydrogens (tertiary/aromatic N) is 2. The van der Waals surface area contributed by atoms with Crippen molar-refractivity contribution in [2.75, 3.05) is 13.7 Å². The van der Waals surface area contributed by atoms with Crippen molar-refractivity contribution >= 4 is 12.0 Å². The number of benzene rings is 1. The van der Waals surface area contributed by atoms with Crippen molar-refractivity contribution in [1.82, 2.24) is 20.2 Å². The summed E-state index contributed by atoms with van der Waals surface area (Å²) in [5.74, 6) is 0.630. The van der Waals surface area contributed by atoms with Crippen LogP contribution in [0.15, 0.2) is 36.5 Å². The molecule has 2 amide bonds. The zero-order chi connectivity index (χ0) is 19.4. The highest BCUT2D eigenvalue weighted by Gasteiger charge is 2.37. The largest absolute Gasteiger partial charge is 0.453 e. The summed E-state index contributed by atoms with van der Waals surface area (Å²) < 4.78 is 4.67. The number of hydrogen-bond donors (Lipinski definition) is 2. The molecule has 0 bridgehead atoms. The molecule has 1 aliphatic heterocycles. The van der Waals surface area contributed by atoms with E-state index in [-0.39, 0.29) is 17.9 Å². The van der Waals surface area contributed by atoms with Crippen molar-refractivity contribution in [1.29, 1.82) is 0 Å². The maximum atomic E-state index is 13.1. The lowest BCUT2D eigenvalue weighted by atomic mass is 10.0. The Morgan fingerprint density at radius 1 is 1.30 bits per heavy atom. The van der Waals surface area contributed by atoms with Crippen molar-refractivity contribution in [3.8, 4) is 11.3 Å². The van der Waals surface area contributed by atoms with Gasteiger partial charge in [-0.05, 0) is 24.3 Å². The number of H-pyrrole nitrogens is 1. The predicted molar refractivity (Wildman–Crippen MR) is 102 cm³/mol. The lowest BCUT2D eigenvalue weighted by molar-refractivity contribution is -0.135. The zero-order valence-electron chi connectivity index (χ0n) is 15.9. The molecule has 144 valence electrons. The maximum Gasteiger partial charge on any atom is 0.407 e. The van der Waals surface area contributed by atoms with Crippen molar-refractivity contribution < 1.29 is 14.3 Å². The number of amides is 2. The maximum absolute atomic E-state index is 13.1. The third-order valence-corrected chi connectivity index (χ3v) is 4.92. The predicted octanol–water partition coefficient (Wildman–Crippen LogP) is 3.12. The van der Waals surface area contributed by atoms with Gasteiger partial charge < -0.3 is 19.9 Å². The second-order valence-corrected chi connectivity index (χ2v) is 7.10. The number of hydrogen-bond acceptors (Lipinski definition) is 4. The molecule has 7 heteroatoms. The van der Waals surface area contributed by atoms with E-state index in [1.807, 2.05) is 49.1 Å². The van der Waals surface area contributed by atoms with Crippen molar-refractivity contribution in [3.05, 3.63) is 42.4 Å². The fourth-order valence-corrected chi connectivity index (χ4v) is 3.46. The number of ether oxygens (including phenoxy) is 1. The molecule has 27 heavy (non-hydrogen) atoms. The van der Waals surface area contributed by atoms with E-state index in [4.69, 9.17) is 0 Å². The van der Waals surface area contributed by atoms with Crippen LogP contribution in [-0.2, 0) is 9.53 Å².